The Morgan fingerprint density at radius 2 is 2.00 bits per heavy atom. The maximum Gasteiger partial charge on any atom is 0.219 e. The highest BCUT2D eigenvalue weighted by Crippen LogP contribution is 2.43. The van der Waals surface area contributed by atoms with E-state index >= 15 is 0 Å². The minimum absolute atomic E-state index is 0.228. The van der Waals surface area contributed by atoms with Crippen molar-refractivity contribution >= 4 is 5.84 Å². The van der Waals surface area contributed by atoms with Crippen molar-refractivity contribution in [2.75, 3.05) is 0 Å². The standard InChI is InChI=1S/C23H29N3O3/c1-15-7-10-18(11-8-15)25-22(26-27)17-9-12-20(24-14-17)28-19-6-4-5-16-13-23(2,3)29-21(16)19/h4-6,9,12,14-15,18,27H,7-8,10-11,13H2,1-3H3,(H,25,26). The largest absolute Gasteiger partial charge is 0.483 e. The Hall–Kier alpha value is -2.60. The van der Waals surface area contributed by atoms with E-state index in [-0.39, 0.29) is 11.6 Å². The molecule has 1 aromatic carbocycles. The number of ether oxygens (including phenoxy) is 2. The van der Waals surface area contributed by atoms with Crippen LogP contribution in [0.25, 0.3) is 0 Å². The molecule has 1 fully saturated rings. The number of fused-ring (bicyclic) bond motifs is 1. The highest BCUT2D eigenvalue weighted by molar-refractivity contribution is 5.97. The molecule has 4 rings (SSSR count). The molecule has 0 spiro atoms. The predicted molar refractivity (Wildman–Crippen MR) is 112 cm³/mol. The van der Waals surface area contributed by atoms with Crippen molar-refractivity contribution < 1.29 is 14.7 Å². The first-order valence-corrected chi connectivity index (χ1v) is 10.4. The molecule has 154 valence electrons. The molecule has 1 saturated carbocycles. The number of rotatable bonds is 4. The quantitative estimate of drug-likeness (QED) is 0.438. The third kappa shape index (κ3) is 4.53. The summed E-state index contributed by atoms with van der Waals surface area (Å²) in [5.74, 6) is 3.14. The summed E-state index contributed by atoms with van der Waals surface area (Å²) in [6.45, 7) is 6.42. The van der Waals surface area contributed by atoms with E-state index in [1.807, 2.05) is 18.2 Å². The molecule has 2 heterocycles. The number of hydrogen-bond donors (Lipinski definition) is 2. The van der Waals surface area contributed by atoms with Crippen LogP contribution in [-0.2, 0) is 6.42 Å². The fourth-order valence-electron chi connectivity index (χ4n) is 4.08. The number of amidine groups is 1. The molecule has 0 radical (unpaired) electrons. The van der Waals surface area contributed by atoms with Gasteiger partial charge in [0, 0.05) is 29.8 Å². The van der Waals surface area contributed by atoms with Gasteiger partial charge in [0.1, 0.15) is 5.60 Å². The highest BCUT2D eigenvalue weighted by atomic mass is 16.5. The zero-order valence-corrected chi connectivity index (χ0v) is 17.3. The second-order valence-corrected chi connectivity index (χ2v) is 8.77. The van der Waals surface area contributed by atoms with Crippen LogP contribution < -0.4 is 15.0 Å². The molecule has 0 bridgehead atoms. The van der Waals surface area contributed by atoms with Crippen molar-refractivity contribution in [3.8, 4) is 17.4 Å². The van der Waals surface area contributed by atoms with Gasteiger partial charge in [-0.25, -0.2) is 4.98 Å². The molecular weight excluding hydrogens is 366 g/mol. The molecule has 2 aliphatic rings. The van der Waals surface area contributed by atoms with Gasteiger partial charge in [0.05, 0.1) is 6.04 Å². The van der Waals surface area contributed by atoms with Gasteiger partial charge in [0.15, 0.2) is 17.3 Å². The van der Waals surface area contributed by atoms with Gasteiger partial charge in [-0.15, -0.1) is 0 Å². The van der Waals surface area contributed by atoms with Gasteiger partial charge in [0.25, 0.3) is 0 Å². The lowest BCUT2D eigenvalue weighted by atomic mass is 9.88. The molecular formula is C23H29N3O3. The van der Waals surface area contributed by atoms with E-state index in [0.29, 0.717) is 17.5 Å². The number of para-hydroxylation sites is 1. The molecule has 0 amide bonds. The van der Waals surface area contributed by atoms with Crippen LogP contribution in [0.2, 0.25) is 0 Å². The monoisotopic (exact) mass is 395 g/mol. The summed E-state index contributed by atoms with van der Waals surface area (Å²) >= 11 is 0. The maximum absolute atomic E-state index is 9.57. The van der Waals surface area contributed by atoms with Crippen LogP contribution in [-0.4, -0.2) is 27.7 Å². The average Bonchev–Trinajstić information content (AvgIpc) is 3.03. The summed E-state index contributed by atoms with van der Waals surface area (Å²) in [6.07, 6.45) is 6.98. The van der Waals surface area contributed by atoms with Crippen molar-refractivity contribution in [1.82, 2.24) is 10.5 Å². The summed E-state index contributed by atoms with van der Waals surface area (Å²) in [5.41, 5.74) is 3.88. The third-order valence-electron chi connectivity index (χ3n) is 5.68. The van der Waals surface area contributed by atoms with Gasteiger partial charge in [-0.05, 0) is 57.6 Å². The van der Waals surface area contributed by atoms with Gasteiger partial charge >= 0.3 is 0 Å². The van der Waals surface area contributed by atoms with Crippen molar-refractivity contribution in [3.63, 3.8) is 0 Å². The van der Waals surface area contributed by atoms with Gasteiger partial charge in [0.2, 0.25) is 5.88 Å². The summed E-state index contributed by atoms with van der Waals surface area (Å²) in [5, 5.41) is 9.57. The van der Waals surface area contributed by atoms with E-state index in [1.54, 1.807) is 12.3 Å². The molecule has 6 nitrogen and oxygen atoms in total. The number of aromatic nitrogens is 1. The van der Waals surface area contributed by atoms with Crippen molar-refractivity contribution in [3.05, 3.63) is 47.7 Å². The number of aliphatic imine (C=N–C) groups is 1. The SMILES string of the molecule is CC1CCC(N=C(NO)c2ccc(Oc3cccc4c3OC(C)(C)C4)nc2)CC1. The Labute approximate surface area is 171 Å². The second kappa shape index (κ2) is 8.03. The number of hydroxylamine groups is 1. The van der Waals surface area contributed by atoms with Crippen LogP contribution in [0.5, 0.6) is 17.4 Å². The molecule has 0 unspecified atom stereocenters. The van der Waals surface area contributed by atoms with Gasteiger partial charge < -0.3 is 9.47 Å². The summed E-state index contributed by atoms with van der Waals surface area (Å²) in [6, 6.07) is 9.80. The summed E-state index contributed by atoms with van der Waals surface area (Å²) in [4.78, 5) is 9.09. The maximum atomic E-state index is 9.57. The zero-order valence-electron chi connectivity index (χ0n) is 17.3. The lowest BCUT2D eigenvalue weighted by molar-refractivity contribution is 0.135. The first-order valence-electron chi connectivity index (χ1n) is 10.4. The summed E-state index contributed by atoms with van der Waals surface area (Å²) < 4.78 is 12.0. The number of nitrogens with one attached hydrogen (secondary N) is 1. The minimum atomic E-state index is -0.228. The fourth-order valence-corrected chi connectivity index (χ4v) is 4.08. The van der Waals surface area contributed by atoms with Crippen LogP contribution in [0.15, 0.2) is 41.5 Å². The summed E-state index contributed by atoms with van der Waals surface area (Å²) in [7, 11) is 0. The van der Waals surface area contributed by atoms with Crippen molar-refractivity contribution in [2.24, 2.45) is 10.9 Å². The Morgan fingerprint density at radius 1 is 1.21 bits per heavy atom. The molecule has 1 aliphatic heterocycles. The normalized spacial score (nSPS) is 23.2. The molecule has 29 heavy (non-hydrogen) atoms. The van der Waals surface area contributed by atoms with E-state index in [2.05, 4.69) is 37.3 Å². The van der Waals surface area contributed by atoms with E-state index in [4.69, 9.17) is 14.5 Å². The molecule has 0 saturated heterocycles. The number of nitrogens with zero attached hydrogens (tertiary/aromatic N) is 2. The van der Waals surface area contributed by atoms with Gasteiger partial charge in [-0.2, -0.15) is 0 Å². The number of benzene rings is 1. The van der Waals surface area contributed by atoms with E-state index in [1.165, 1.54) is 12.8 Å². The molecule has 0 atom stereocenters. The Balaban J connectivity index is 1.48. The minimum Gasteiger partial charge on any atom is -0.483 e. The zero-order chi connectivity index (χ0) is 20.4. The first-order chi connectivity index (χ1) is 13.9. The van der Waals surface area contributed by atoms with Gasteiger partial charge in [-0.3, -0.25) is 15.7 Å². The van der Waals surface area contributed by atoms with Crippen molar-refractivity contribution in [2.45, 2.75) is 64.5 Å². The van der Waals surface area contributed by atoms with E-state index < -0.39 is 0 Å². The molecule has 2 aromatic rings. The van der Waals surface area contributed by atoms with Crippen LogP contribution in [0, 0.1) is 5.92 Å². The van der Waals surface area contributed by atoms with Crippen LogP contribution in [0.1, 0.15) is 57.6 Å². The Kier molecular flexibility index (Phi) is 5.46. The van der Waals surface area contributed by atoms with E-state index in [0.717, 1.165) is 42.1 Å². The highest BCUT2D eigenvalue weighted by Gasteiger charge is 2.32. The molecule has 6 heteroatoms. The van der Waals surface area contributed by atoms with Crippen molar-refractivity contribution in [1.29, 1.82) is 0 Å². The first kappa shape index (κ1) is 19.7. The number of pyridine rings is 1. The van der Waals surface area contributed by atoms with Crippen LogP contribution in [0.4, 0.5) is 0 Å². The van der Waals surface area contributed by atoms with Crippen LogP contribution >= 0.6 is 0 Å². The predicted octanol–water partition coefficient (Wildman–Crippen LogP) is 4.89. The second-order valence-electron chi connectivity index (χ2n) is 8.77. The lowest BCUT2D eigenvalue weighted by Gasteiger charge is -2.23. The average molecular weight is 396 g/mol. The molecule has 1 aliphatic carbocycles. The van der Waals surface area contributed by atoms with E-state index in [9.17, 15) is 5.21 Å². The van der Waals surface area contributed by atoms with Crippen LogP contribution in [0.3, 0.4) is 0 Å². The fraction of sp³-hybridized carbons (Fsp3) is 0.478. The topological polar surface area (TPSA) is 76.0 Å². The molecule has 1 aromatic heterocycles. The van der Waals surface area contributed by atoms with Gasteiger partial charge in [-0.1, -0.05) is 19.1 Å². The smallest absolute Gasteiger partial charge is 0.219 e. The Morgan fingerprint density at radius 3 is 2.69 bits per heavy atom. The molecule has 2 N–H and O–H groups in total. The third-order valence-corrected chi connectivity index (χ3v) is 5.68. The lowest BCUT2D eigenvalue weighted by Crippen LogP contribution is -2.25. The Bertz CT molecular complexity index is 885. The number of hydrogen-bond acceptors (Lipinski definition) is 5.